The van der Waals surface area contributed by atoms with Crippen molar-refractivity contribution in [1.29, 1.82) is 0 Å². The molecule has 0 bridgehead atoms. The zero-order valence-corrected chi connectivity index (χ0v) is 13.4. The first-order valence-corrected chi connectivity index (χ1v) is 7.53. The van der Waals surface area contributed by atoms with Crippen LogP contribution in [0.4, 0.5) is 0 Å². The van der Waals surface area contributed by atoms with Crippen molar-refractivity contribution in [1.82, 2.24) is 5.32 Å². The van der Waals surface area contributed by atoms with Crippen LogP contribution in [-0.2, 0) is 0 Å². The summed E-state index contributed by atoms with van der Waals surface area (Å²) in [5, 5.41) is 3.79. The Morgan fingerprint density at radius 2 is 1.91 bits per heavy atom. The molecule has 0 aliphatic carbocycles. The van der Waals surface area contributed by atoms with Crippen LogP contribution in [-0.4, -0.2) is 13.0 Å². The number of carbonyl (C=O) groups excluding carboxylic acids is 1. The summed E-state index contributed by atoms with van der Waals surface area (Å²) in [6.45, 7) is 3.76. The first-order chi connectivity index (χ1) is 11.1. The van der Waals surface area contributed by atoms with E-state index in [1.165, 1.54) is 0 Å². The molecule has 23 heavy (non-hydrogen) atoms. The molecule has 0 aliphatic heterocycles. The quantitative estimate of drug-likeness (QED) is 0.784. The number of benzene rings is 2. The van der Waals surface area contributed by atoms with Gasteiger partial charge in [-0.1, -0.05) is 30.3 Å². The number of amides is 1. The van der Waals surface area contributed by atoms with Gasteiger partial charge in [-0.05, 0) is 37.6 Å². The maximum atomic E-state index is 12.7. The standard InChI is InChI=1S/C19H19NO3/c1-12(14-7-5-4-6-8-14)20-19(21)18-13(2)23-17-10-9-15(22-3)11-16(17)18/h4-12H,1-3H3,(H,20,21)/t12-/m1/s1. The van der Waals surface area contributed by atoms with E-state index in [2.05, 4.69) is 5.32 Å². The van der Waals surface area contributed by atoms with E-state index in [1.807, 2.05) is 55.5 Å². The molecule has 1 heterocycles. The summed E-state index contributed by atoms with van der Waals surface area (Å²) in [4.78, 5) is 12.7. The molecule has 118 valence electrons. The Morgan fingerprint density at radius 3 is 2.61 bits per heavy atom. The minimum atomic E-state index is -0.147. The van der Waals surface area contributed by atoms with Gasteiger partial charge in [-0.15, -0.1) is 0 Å². The zero-order chi connectivity index (χ0) is 16.4. The summed E-state index contributed by atoms with van der Waals surface area (Å²) in [5.41, 5.74) is 2.30. The lowest BCUT2D eigenvalue weighted by atomic mass is 10.1. The van der Waals surface area contributed by atoms with E-state index < -0.39 is 0 Å². The number of methoxy groups -OCH3 is 1. The average Bonchev–Trinajstić information content (AvgIpc) is 2.90. The number of nitrogens with one attached hydrogen (secondary N) is 1. The van der Waals surface area contributed by atoms with Gasteiger partial charge in [0.1, 0.15) is 17.1 Å². The summed E-state index contributed by atoms with van der Waals surface area (Å²) in [6.07, 6.45) is 0. The first kappa shape index (κ1) is 15.2. The number of hydrogen-bond donors (Lipinski definition) is 1. The number of aryl methyl sites for hydroxylation is 1. The molecule has 1 aromatic heterocycles. The zero-order valence-electron chi connectivity index (χ0n) is 13.4. The minimum Gasteiger partial charge on any atom is -0.497 e. The SMILES string of the molecule is COc1ccc2oc(C)c(C(=O)N[C@H](C)c3ccccc3)c2c1. The monoisotopic (exact) mass is 309 g/mol. The Kier molecular flexibility index (Phi) is 4.06. The lowest BCUT2D eigenvalue weighted by Crippen LogP contribution is -2.26. The highest BCUT2D eigenvalue weighted by Crippen LogP contribution is 2.29. The van der Waals surface area contributed by atoms with E-state index in [4.69, 9.17) is 9.15 Å². The number of carbonyl (C=O) groups is 1. The van der Waals surface area contributed by atoms with E-state index in [0.29, 0.717) is 22.7 Å². The molecular formula is C19H19NO3. The fourth-order valence-corrected chi connectivity index (χ4v) is 2.70. The fraction of sp³-hybridized carbons (Fsp3) is 0.211. The number of rotatable bonds is 4. The van der Waals surface area contributed by atoms with Crippen molar-refractivity contribution in [2.75, 3.05) is 7.11 Å². The van der Waals surface area contributed by atoms with Crippen LogP contribution in [0.25, 0.3) is 11.0 Å². The molecule has 1 amide bonds. The highest BCUT2D eigenvalue weighted by Gasteiger charge is 2.20. The van der Waals surface area contributed by atoms with Crippen molar-refractivity contribution >= 4 is 16.9 Å². The average molecular weight is 309 g/mol. The number of fused-ring (bicyclic) bond motifs is 1. The molecule has 0 radical (unpaired) electrons. The third-order valence-electron chi connectivity index (χ3n) is 3.95. The Morgan fingerprint density at radius 1 is 1.17 bits per heavy atom. The van der Waals surface area contributed by atoms with E-state index >= 15 is 0 Å². The molecule has 4 nitrogen and oxygen atoms in total. The van der Waals surface area contributed by atoms with Crippen molar-refractivity contribution in [3.63, 3.8) is 0 Å². The van der Waals surface area contributed by atoms with Crippen LogP contribution in [0.3, 0.4) is 0 Å². The molecule has 0 fully saturated rings. The molecule has 1 atom stereocenters. The largest absolute Gasteiger partial charge is 0.497 e. The van der Waals surface area contributed by atoms with Gasteiger partial charge >= 0.3 is 0 Å². The normalized spacial score (nSPS) is 12.1. The van der Waals surface area contributed by atoms with Crippen LogP contribution in [0.15, 0.2) is 52.9 Å². The molecule has 0 aliphatic rings. The van der Waals surface area contributed by atoms with Gasteiger partial charge in [0.2, 0.25) is 0 Å². The van der Waals surface area contributed by atoms with Gasteiger partial charge in [-0.3, -0.25) is 4.79 Å². The summed E-state index contributed by atoms with van der Waals surface area (Å²) < 4.78 is 10.9. The maximum Gasteiger partial charge on any atom is 0.255 e. The molecule has 0 spiro atoms. The molecule has 3 rings (SSSR count). The number of ether oxygens (including phenoxy) is 1. The second kappa shape index (κ2) is 6.16. The van der Waals surface area contributed by atoms with Gasteiger partial charge in [-0.2, -0.15) is 0 Å². The molecule has 4 heteroatoms. The highest BCUT2D eigenvalue weighted by atomic mass is 16.5. The van der Waals surface area contributed by atoms with Gasteiger partial charge in [0.25, 0.3) is 5.91 Å². The van der Waals surface area contributed by atoms with Gasteiger partial charge in [0, 0.05) is 5.39 Å². The molecule has 0 saturated heterocycles. The Hall–Kier alpha value is -2.75. The van der Waals surface area contributed by atoms with Crippen LogP contribution in [0.2, 0.25) is 0 Å². The van der Waals surface area contributed by atoms with Crippen molar-refractivity contribution < 1.29 is 13.9 Å². The first-order valence-electron chi connectivity index (χ1n) is 7.53. The highest BCUT2D eigenvalue weighted by molar-refractivity contribution is 6.07. The molecule has 3 aromatic rings. The van der Waals surface area contributed by atoms with Gasteiger partial charge in [-0.25, -0.2) is 0 Å². The molecule has 1 N–H and O–H groups in total. The molecule has 2 aromatic carbocycles. The van der Waals surface area contributed by atoms with E-state index in [1.54, 1.807) is 14.0 Å². The maximum absolute atomic E-state index is 12.7. The van der Waals surface area contributed by atoms with Crippen LogP contribution in [0.5, 0.6) is 5.75 Å². The third-order valence-corrected chi connectivity index (χ3v) is 3.95. The van der Waals surface area contributed by atoms with Gasteiger partial charge in [0.15, 0.2) is 0 Å². The van der Waals surface area contributed by atoms with Crippen molar-refractivity contribution in [2.45, 2.75) is 19.9 Å². The molecule has 0 saturated carbocycles. The van der Waals surface area contributed by atoms with Crippen molar-refractivity contribution in [3.8, 4) is 5.75 Å². The van der Waals surface area contributed by atoms with Gasteiger partial charge < -0.3 is 14.5 Å². The second-order valence-corrected chi connectivity index (χ2v) is 5.50. The Bertz CT molecular complexity index is 836. The predicted octanol–water partition coefficient (Wildman–Crippen LogP) is 4.24. The smallest absolute Gasteiger partial charge is 0.255 e. The van der Waals surface area contributed by atoms with Crippen LogP contribution in [0.1, 0.15) is 34.6 Å². The van der Waals surface area contributed by atoms with Crippen LogP contribution >= 0.6 is 0 Å². The summed E-state index contributed by atoms with van der Waals surface area (Å²) in [7, 11) is 1.60. The Balaban J connectivity index is 1.93. The number of furan rings is 1. The summed E-state index contributed by atoms with van der Waals surface area (Å²) in [6, 6.07) is 15.2. The lowest BCUT2D eigenvalue weighted by Gasteiger charge is -2.14. The second-order valence-electron chi connectivity index (χ2n) is 5.50. The Labute approximate surface area is 135 Å². The van der Waals surface area contributed by atoms with E-state index in [9.17, 15) is 4.79 Å². The van der Waals surface area contributed by atoms with Crippen molar-refractivity contribution in [2.24, 2.45) is 0 Å². The van der Waals surface area contributed by atoms with E-state index in [0.717, 1.165) is 10.9 Å². The summed E-state index contributed by atoms with van der Waals surface area (Å²) >= 11 is 0. The third kappa shape index (κ3) is 2.93. The molecular weight excluding hydrogens is 290 g/mol. The molecule has 0 unspecified atom stereocenters. The van der Waals surface area contributed by atoms with Gasteiger partial charge in [0.05, 0.1) is 18.7 Å². The van der Waals surface area contributed by atoms with Crippen molar-refractivity contribution in [3.05, 3.63) is 65.4 Å². The fourth-order valence-electron chi connectivity index (χ4n) is 2.70. The topological polar surface area (TPSA) is 51.5 Å². The lowest BCUT2D eigenvalue weighted by molar-refractivity contribution is 0.0940. The minimum absolute atomic E-state index is 0.0846. The van der Waals surface area contributed by atoms with Crippen LogP contribution in [0, 0.1) is 6.92 Å². The predicted molar refractivity (Wildman–Crippen MR) is 89.8 cm³/mol. The summed E-state index contributed by atoms with van der Waals surface area (Å²) in [5.74, 6) is 1.15. The number of hydrogen-bond acceptors (Lipinski definition) is 3. The van der Waals surface area contributed by atoms with Crippen LogP contribution < -0.4 is 10.1 Å². The van der Waals surface area contributed by atoms with E-state index in [-0.39, 0.29) is 11.9 Å².